The summed E-state index contributed by atoms with van der Waals surface area (Å²) in [5, 5.41) is 8.38. The first-order valence-electron chi connectivity index (χ1n) is 2.20. The molecule has 2 nitrogen and oxygen atoms in total. The molecular formula is C5H3ClFNO. The van der Waals surface area contributed by atoms with Gasteiger partial charge in [0.25, 0.3) is 0 Å². The largest absolute Gasteiger partial charge is 0.505 e. The van der Waals surface area contributed by atoms with Gasteiger partial charge in [0.15, 0.2) is 11.6 Å². The Kier molecular flexibility index (Phi) is 1.53. The summed E-state index contributed by atoms with van der Waals surface area (Å²) in [5.74, 6) is -1.05. The summed E-state index contributed by atoms with van der Waals surface area (Å²) in [6.45, 7) is 0. The fourth-order valence-corrected chi connectivity index (χ4v) is 0.507. The van der Waals surface area contributed by atoms with Crippen molar-refractivity contribution >= 4 is 11.6 Å². The second kappa shape index (κ2) is 2.19. The van der Waals surface area contributed by atoms with Gasteiger partial charge in [-0.3, -0.25) is 4.98 Å². The van der Waals surface area contributed by atoms with Gasteiger partial charge < -0.3 is 5.11 Å². The Hall–Kier alpha value is -0.830. The summed E-state index contributed by atoms with van der Waals surface area (Å²) in [6.07, 6.45) is 2.01. The lowest BCUT2D eigenvalue weighted by Crippen LogP contribution is -1.78. The average Bonchev–Trinajstić information content (AvgIpc) is 1.83. The molecule has 0 saturated carbocycles. The van der Waals surface area contributed by atoms with Crippen molar-refractivity contribution in [2.75, 3.05) is 0 Å². The van der Waals surface area contributed by atoms with Gasteiger partial charge in [-0.05, 0) is 0 Å². The molecule has 1 heterocycles. The van der Waals surface area contributed by atoms with E-state index in [2.05, 4.69) is 4.98 Å². The van der Waals surface area contributed by atoms with E-state index < -0.39 is 5.82 Å². The molecule has 1 rings (SSSR count). The zero-order valence-corrected chi connectivity index (χ0v) is 5.06. The van der Waals surface area contributed by atoms with Gasteiger partial charge in [0.2, 0.25) is 0 Å². The van der Waals surface area contributed by atoms with Gasteiger partial charge >= 0.3 is 0 Å². The molecule has 1 aromatic heterocycles. The number of halogens is 2. The number of hydrogen-bond donors (Lipinski definition) is 1. The van der Waals surface area contributed by atoms with E-state index >= 15 is 0 Å². The Balaban J connectivity index is 3.25. The molecule has 0 atom stereocenters. The third-order valence-electron chi connectivity index (χ3n) is 0.819. The first kappa shape index (κ1) is 6.29. The van der Waals surface area contributed by atoms with Crippen LogP contribution in [0.1, 0.15) is 0 Å². The number of rotatable bonds is 0. The number of aromatic hydroxyl groups is 1. The van der Waals surface area contributed by atoms with E-state index in [0.717, 1.165) is 12.4 Å². The van der Waals surface area contributed by atoms with Crippen molar-refractivity contribution in [3.8, 4) is 5.75 Å². The van der Waals surface area contributed by atoms with Crippen molar-refractivity contribution < 1.29 is 9.50 Å². The average molecular weight is 148 g/mol. The van der Waals surface area contributed by atoms with Crippen LogP contribution in [0.3, 0.4) is 0 Å². The molecule has 0 bridgehead atoms. The van der Waals surface area contributed by atoms with Crippen LogP contribution in [0.5, 0.6) is 5.75 Å². The van der Waals surface area contributed by atoms with E-state index in [-0.39, 0.29) is 10.8 Å². The van der Waals surface area contributed by atoms with E-state index in [9.17, 15) is 4.39 Å². The number of hydrogen-bond acceptors (Lipinski definition) is 2. The second-order valence-electron chi connectivity index (χ2n) is 1.45. The number of pyridine rings is 1. The highest BCUT2D eigenvalue weighted by atomic mass is 35.5. The van der Waals surface area contributed by atoms with Gasteiger partial charge in [-0.25, -0.2) is 4.39 Å². The first-order chi connectivity index (χ1) is 4.22. The number of aromatic nitrogens is 1. The predicted molar refractivity (Wildman–Crippen MR) is 30.9 cm³/mol. The van der Waals surface area contributed by atoms with Crippen molar-refractivity contribution in [1.29, 1.82) is 0 Å². The highest BCUT2D eigenvalue weighted by Crippen LogP contribution is 2.23. The predicted octanol–water partition coefficient (Wildman–Crippen LogP) is 1.58. The lowest BCUT2D eigenvalue weighted by molar-refractivity contribution is 0.465. The Morgan fingerprint density at radius 1 is 1.56 bits per heavy atom. The molecule has 0 aromatic carbocycles. The van der Waals surface area contributed by atoms with E-state index in [4.69, 9.17) is 16.7 Å². The van der Waals surface area contributed by atoms with Crippen LogP contribution in [0.4, 0.5) is 4.39 Å². The van der Waals surface area contributed by atoms with Gasteiger partial charge in [0.1, 0.15) is 5.02 Å². The highest BCUT2D eigenvalue weighted by molar-refractivity contribution is 6.32. The smallest absolute Gasteiger partial charge is 0.163 e. The Bertz CT molecular complexity index is 208. The minimum absolute atomic E-state index is 0.287. The van der Waals surface area contributed by atoms with Crippen LogP contribution < -0.4 is 0 Å². The molecule has 0 unspecified atom stereocenters. The van der Waals surface area contributed by atoms with Crippen molar-refractivity contribution in [3.63, 3.8) is 0 Å². The van der Waals surface area contributed by atoms with Crippen LogP contribution >= 0.6 is 11.6 Å². The maximum absolute atomic E-state index is 12.2. The topological polar surface area (TPSA) is 33.1 Å². The molecule has 0 fully saturated rings. The minimum atomic E-state index is -0.711. The molecule has 0 spiro atoms. The molecule has 0 aliphatic rings. The van der Waals surface area contributed by atoms with E-state index in [1.807, 2.05) is 0 Å². The monoisotopic (exact) mass is 147 g/mol. The van der Waals surface area contributed by atoms with Crippen molar-refractivity contribution in [2.45, 2.75) is 0 Å². The van der Waals surface area contributed by atoms with Crippen molar-refractivity contribution in [1.82, 2.24) is 4.98 Å². The van der Waals surface area contributed by atoms with Crippen LogP contribution in [0.2, 0.25) is 5.02 Å². The fourth-order valence-electron chi connectivity index (χ4n) is 0.409. The maximum atomic E-state index is 12.2. The third-order valence-corrected chi connectivity index (χ3v) is 1.19. The van der Waals surface area contributed by atoms with Gasteiger partial charge in [0, 0.05) is 0 Å². The number of nitrogens with zero attached hydrogens (tertiary/aromatic N) is 1. The molecule has 1 aromatic rings. The van der Waals surface area contributed by atoms with Crippen LogP contribution in [0.15, 0.2) is 12.4 Å². The highest BCUT2D eigenvalue weighted by Gasteiger charge is 2.02. The summed E-state index contributed by atoms with van der Waals surface area (Å²) >= 11 is 5.21. The lowest BCUT2D eigenvalue weighted by atomic mass is 10.4. The standard InChI is InChI=1S/C5H3ClFNO/c6-5-3(7)1-8-2-4(5)9/h1-2,9H. The van der Waals surface area contributed by atoms with Gasteiger partial charge in [-0.2, -0.15) is 0 Å². The molecule has 0 amide bonds. The molecule has 48 valence electrons. The minimum Gasteiger partial charge on any atom is -0.505 e. The third kappa shape index (κ3) is 1.10. The van der Waals surface area contributed by atoms with E-state index in [0.29, 0.717) is 0 Å². The summed E-state index contributed by atoms with van der Waals surface area (Å²) in [7, 11) is 0. The lowest BCUT2D eigenvalue weighted by Gasteiger charge is -1.93. The normalized spacial score (nSPS) is 9.56. The van der Waals surface area contributed by atoms with E-state index in [1.54, 1.807) is 0 Å². The fraction of sp³-hybridized carbons (Fsp3) is 0. The summed E-state index contributed by atoms with van der Waals surface area (Å²) in [5.41, 5.74) is 0. The van der Waals surface area contributed by atoms with Crippen molar-refractivity contribution in [3.05, 3.63) is 23.2 Å². The second-order valence-corrected chi connectivity index (χ2v) is 1.83. The van der Waals surface area contributed by atoms with Crippen LogP contribution in [-0.4, -0.2) is 10.1 Å². The van der Waals surface area contributed by atoms with Gasteiger partial charge in [0.05, 0.1) is 12.4 Å². The SMILES string of the molecule is Oc1cncc(F)c1Cl. The maximum Gasteiger partial charge on any atom is 0.163 e. The molecule has 9 heavy (non-hydrogen) atoms. The summed E-state index contributed by atoms with van der Waals surface area (Å²) < 4.78 is 12.2. The summed E-state index contributed by atoms with van der Waals surface area (Å²) in [4.78, 5) is 3.34. The molecular weight excluding hydrogens is 145 g/mol. The summed E-state index contributed by atoms with van der Waals surface area (Å²) in [6, 6.07) is 0. The quantitative estimate of drug-likeness (QED) is 0.605. The van der Waals surface area contributed by atoms with Gasteiger partial charge in [-0.15, -0.1) is 0 Å². The Labute approximate surface area is 55.9 Å². The molecule has 0 aliphatic carbocycles. The molecule has 4 heteroatoms. The Morgan fingerprint density at radius 2 is 2.22 bits per heavy atom. The molecule has 0 saturated heterocycles. The van der Waals surface area contributed by atoms with Crippen LogP contribution in [0, 0.1) is 5.82 Å². The molecule has 0 aliphatic heterocycles. The zero-order valence-electron chi connectivity index (χ0n) is 4.31. The molecule has 1 N–H and O–H groups in total. The Morgan fingerprint density at radius 3 is 2.67 bits per heavy atom. The zero-order chi connectivity index (χ0) is 6.85. The van der Waals surface area contributed by atoms with Crippen LogP contribution in [0.25, 0.3) is 0 Å². The molecule has 0 radical (unpaired) electrons. The first-order valence-corrected chi connectivity index (χ1v) is 2.57. The van der Waals surface area contributed by atoms with Crippen molar-refractivity contribution in [2.24, 2.45) is 0 Å². The van der Waals surface area contributed by atoms with Gasteiger partial charge in [-0.1, -0.05) is 11.6 Å². The van der Waals surface area contributed by atoms with E-state index in [1.165, 1.54) is 0 Å². The van der Waals surface area contributed by atoms with Crippen LogP contribution in [-0.2, 0) is 0 Å².